The van der Waals surface area contributed by atoms with E-state index in [-0.39, 0.29) is 23.7 Å². The first-order valence-corrected chi connectivity index (χ1v) is 36.9. The number of anilines is 12. The second-order valence-corrected chi connectivity index (χ2v) is 29.1. The van der Waals surface area contributed by atoms with E-state index < -0.39 is 10.8 Å². The van der Waals surface area contributed by atoms with E-state index in [1.54, 1.807) is 0 Å². The highest BCUT2D eigenvalue weighted by atomic mass is 15.2. The quantitative estimate of drug-likeness (QED) is 0.121. The van der Waals surface area contributed by atoms with E-state index in [0.717, 1.165) is 103 Å². The molecular formula is C98H80N4. The molecule has 2 saturated carbocycles. The summed E-state index contributed by atoms with van der Waals surface area (Å²) in [6.45, 7) is 0. The molecule has 492 valence electrons. The Kier molecular flexibility index (Phi) is 15.5. The molecule has 14 aromatic carbocycles. The van der Waals surface area contributed by atoms with E-state index >= 15 is 0 Å². The fourth-order valence-electron chi connectivity index (χ4n) is 19.8. The number of benzene rings is 14. The maximum atomic E-state index is 2.74. The molecule has 4 nitrogen and oxygen atoms in total. The summed E-state index contributed by atoms with van der Waals surface area (Å²) in [5.41, 5.74) is 29.8. The van der Waals surface area contributed by atoms with Gasteiger partial charge in [0.15, 0.2) is 0 Å². The second kappa shape index (κ2) is 25.8. The number of para-hydroxylation sites is 8. The molecule has 6 bridgehead atoms. The highest BCUT2D eigenvalue weighted by Gasteiger charge is 2.62. The Morgan fingerprint density at radius 2 is 0.588 bits per heavy atom. The van der Waals surface area contributed by atoms with Crippen LogP contribution in [-0.2, 0) is 10.8 Å². The zero-order valence-electron chi connectivity index (χ0n) is 57.4. The summed E-state index contributed by atoms with van der Waals surface area (Å²) in [5, 5.41) is 0. The molecule has 0 saturated heterocycles. The lowest BCUT2D eigenvalue weighted by molar-refractivity contribution is 0.0987. The van der Waals surface area contributed by atoms with Crippen molar-refractivity contribution >= 4 is 68.2 Å². The number of hydrogen-bond acceptors (Lipinski definition) is 4. The zero-order valence-corrected chi connectivity index (χ0v) is 57.4. The standard InChI is InChI=1S/C98H80N4/c1-9-33-72(34-10-1)99(73-35-11-2-12-36-73)80-55-58-85-88-60-57-82(101(76-41-17-5-18-42-76)77-43-19-6-20-44-77)65-93(88)97-62-61-69-31-29-32-70-66-98(68-71(67-97)90(85)63-80,92-53-28-27-51-87(92)84-50-26-25-49-83(70)84)96(97)91-64-81(100(74-37-13-3-14-38-74)75-39-15-4-16-40-75)56-59-86(91)89-52-30-54-94(95(69)89)102(78-45-21-7-22-46-78)79-47-23-8-24-48-79/h1-28,30,33-60,63-65,69-71,96H,29,31-32,61-62,66-68H2. The fourth-order valence-corrected chi connectivity index (χ4v) is 19.8. The predicted octanol–water partition coefficient (Wildman–Crippen LogP) is 27.0. The van der Waals surface area contributed by atoms with Crippen molar-refractivity contribution in [2.75, 3.05) is 19.6 Å². The van der Waals surface area contributed by atoms with Gasteiger partial charge in [-0.2, -0.15) is 0 Å². The maximum Gasteiger partial charge on any atom is 0.0502 e. The van der Waals surface area contributed by atoms with Gasteiger partial charge in [0.1, 0.15) is 0 Å². The molecule has 19 rings (SSSR count). The predicted molar refractivity (Wildman–Crippen MR) is 426 cm³/mol. The van der Waals surface area contributed by atoms with Gasteiger partial charge in [0.2, 0.25) is 0 Å². The van der Waals surface area contributed by atoms with Crippen molar-refractivity contribution in [1.82, 2.24) is 0 Å². The van der Waals surface area contributed by atoms with Crippen molar-refractivity contribution in [3.05, 3.63) is 397 Å². The third kappa shape index (κ3) is 10.4. The molecule has 5 aliphatic rings. The zero-order chi connectivity index (χ0) is 67.6. The van der Waals surface area contributed by atoms with Crippen molar-refractivity contribution < 1.29 is 0 Å². The number of nitrogens with zero attached hydrogens (tertiary/aromatic N) is 4. The lowest BCUT2D eigenvalue weighted by Crippen LogP contribution is -2.52. The van der Waals surface area contributed by atoms with Gasteiger partial charge >= 0.3 is 0 Å². The van der Waals surface area contributed by atoms with Gasteiger partial charge in [-0.1, -0.05) is 231 Å². The van der Waals surface area contributed by atoms with E-state index in [2.05, 4.69) is 384 Å². The van der Waals surface area contributed by atoms with Crippen LogP contribution in [0.3, 0.4) is 0 Å². The van der Waals surface area contributed by atoms with Gasteiger partial charge in [0, 0.05) is 79.3 Å². The Labute approximate surface area is 600 Å². The lowest BCUT2D eigenvalue weighted by Gasteiger charge is -2.59. The Hall–Kier alpha value is -11.7. The lowest BCUT2D eigenvalue weighted by atomic mass is 9.44. The molecule has 6 unspecified atom stereocenters. The van der Waals surface area contributed by atoms with E-state index in [9.17, 15) is 0 Å². The summed E-state index contributed by atoms with van der Waals surface area (Å²) in [6.07, 6.45) is 8.12. The largest absolute Gasteiger partial charge is 0.310 e. The maximum absolute atomic E-state index is 2.74. The highest BCUT2D eigenvalue weighted by Crippen LogP contribution is 2.73. The van der Waals surface area contributed by atoms with Gasteiger partial charge in [-0.25, -0.2) is 0 Å². The number of rotatable bonds is 12. The SMILES string of the molecule is c1ccc(N(c2ccccc2)c2ccc3c(c2)C2CC4(CCC5CCCC6CC(C2)(c2ccccc2-c2ccccc26)C4c2cc(N(c4ccccc4)c4ccccc4)ccc2-c2cccc(N(c4ccccc4)c4ccccc4)c25)c2cc(N(c4ccccc4)c4ccccc4)ccc2-3)cc1. The molecule has 4 heteroatoms. The Morgan fingerprint density at radius 3 is 1.10 bits per heavy atom. The van der Waals surface area contributed by atoms with Crippen LogP contribution in [0.4, 0.5) is 68.2 Å². The van der Waals surface area contributed by atoms with Crippen LogP contribution >= 0.6 is 0 Å². The normalized spacial score (nSPS) is 19.5. The first-order chi connectivity index (χ1) is 50.6. The van der Waals surface area contributed by atoms with Gasteiger partial charge in [-0.05, 0) is 269 Å². The average molecular weight is 1310 g/mol. The van der Waals surface area contributed by atoms with Crippen LogP contribution in [0.25, 0.3) is 33.4 Å². The van der Waals surface area contributed by atoms with Gasteiger partial charge in [-0.3, -0.25) is 0 Å². The average Bonchev–Trinajstić information content (AvgIpc) is 1.40. The summed E-state index contributed by atoms with van der Waals surface area (Å²) in [5.74, 6) is 0.509. The van der Waals surface area contributed by atoms with Crippen LogP contribution in [0.2, 0.25) is 0 Å². The first-order valence-electron chi connectivity index (χ1n) is 36.9. The molecule has 0 N–H and O–H groups in total. The minimum atomic E-state index is -0.500. The molecule has 2 fully saturated rings. The second-order valence-electron chi connectivity index (χ2n) is 29.1. The summed E-state index contributed by atoms with van der Waals surface area (Å²) in [6, 6.07) is 139. The van der Waals surface area contributed by atoms with E-state index in [1.807, 2.05) is 0 Å². The minimum absolute atomic E-state index is 0.0647. The number of fused-ring (bicyclic) bond motifs is 16. The van der Waals surface area contributed by atoms with Crippen LogP contribution in [0.15, 0.2) is 364 Å². The summed E-state index contributed by atoms with van der Waals surface area (Å²) >= 11 is 0. The molecule has 0 radical (unpaired) electrons. The summed E-state index contributed by atoms with van der Waals surface area (Å²) < 4.78 is 0. The molecule has 2 spiro atoms. The van der Waals surface area contributed by atoms with Crippen LogP contribution in [0, 0.1) is 0 Å². The topological polar surface area (TPSA) is 13.0 Å². The molecule has 0 aliphatic heterocycles. The van der Waals surface area contributed by atoms with Crippen molar-refractivity contribution in [1.29, 1.82) is 0 Å². The third-order valence-electron chi connectivity index (χ3n) is 23.7. The van der Waals surface area contributed by atoms with Crippen molar-refractivity contribution in [2.45, 2.75) is 85.9 Å². The van der Waals surface area contributed by atoms with Crippen molar-refractivity contribution in [3.8, 4) is 33.4 Å². The van der Waals surface area contributed by atoms with Crippen LogP contribution in [0.5, 0.6) is 0 Å². The summed E-state index contributed by atoms with van der Waals surface area (Å²) in [7, 11) is 0. The third-order valence-corrected chi connectivity index (χ3v) is 23.7. The molecule has 0 amide bonds. The van der Waals surface area contributed by atoms with Gasteiger partial charge in [-0.15, -0.1) is 0 Å². The first kappa shape index (κ1) is 61.4. The molecule has 6 atom stereocenters. The minimum Gasteiger partial charge on any atom is -0.310 e. The van der Waals surface area contributed by atoms with Gasteiger partial charge in [0.05, 0.1) is 5.69 Å². The van der Waals surface area contributed by atoms with E-state index in [4.69, 9.17) is 0 Å². The Bertz CT molecular complexity index is 5180. The monoisotopic (exact) mass is 1310 g/mol. The van der Waals surface area contributed by atoms with Crippen LogP contribution in [-0.4, -0.2) is 0 Å². The van der Waals surface area contributed by atoms with Crippen molar-refractivity contribution in [2.24, 2.45) is 0 Å². The smallest absolute Gasteiger partial charge is 0.0502 e. The van der Waals surface area contributed by atoms with E-state index in [1.165, 1.54) is 83.8 Å². The number of hydrogen-bond donors (Lipinski definition) is 0. The van der Waals surface area contributed by atoms with Crippen molar-refractivity contribution in [3.63, 3.8) is 0 Å². The molecular weight excluding hydrogens is 1230 g/mol. The Balaban J connectivity index is 0.975. The van der Waals surface area contributed by atoms with Crippen LogP contribution in [0.1, 0.15) is 108 Å². The molecule has 14 aromatic rings. The molecule has 0 heterocycles. The van der Waals surface area contributed by atoms with Crippen LogP contribution < -0.4 is 19.6 Å². The molecule has 5 aliphatic carbocycles. The van der Waals surface area contributed by atoms with E-state index in [0.29, 0.717) is 0 Å². The molecule has 0 aromatic heterocycles. The Morgan fingerprint density at radius 1 is 0.225 bits per heavy atom. The van der Waals surface area contributed by atoms with Gasteiger partial charge < -0.3 is 19.6 Å². The fraction of sp³-hybridized carbons (Fsp3) is 0.143. The summed E-state index contributed by atoms with van der Waals surface area (Å²) in [4.78, 5) is 10.1. The van der Waals surface area contributed by atoms with Gasteiger partial charge in [0.25, 0.3) is 0 Å². The molecule has 102 heavy (non-hydrogen) atoms. The highest BCUT2D eigenvalue weighted by molar-refractivity contribution is 5.91.